The molecule has 0 bridgehead atoms. The maximum Gasteiger partial charge on any atom is 0.255 e. The van der Waals surface area contributed by atoms with Gasteiger partial charge in [0.25, 0.3) is 5.78 Å². The zero-order valence-electron chi connectivity index (χ0n) is 7.76. The zero-order chi connectivity index (χ0) is 11.1. The Bertz CT molecular complexity index is 647. The second-order valence-electron chi connectivity index (χ2n) is 3.03. The third-order valence-corrected chi connectivity index (χ3v) is 2.44. The predicted molar refractivity (Wildman–Crippen MR) is 58.5 cm³/mol. The smallest absolute Gasteiger partial charge is 0.255 e. The van der Waals surface area contributed by atoms with Crippen LogP contribution in [0.15, 0.2) is 28.9 Å². The molecule has 0 aliphatic carbocycles. The largest absolute Gasteiger partial charge is 0.461 e. The summed E-state index contributed by atoms with van der Waals surface area (Å²) in [4.78, 5) is 8.15. The lowest BCUT2D eigenvalue weighted by molar-refractivity contribution is 0.577. The van der Waals surface area contributed by atoms with E-state index in [-0.39, 0.29) is 5.15 Å². The topological polar surface area (TPSA) is 56.2 Å². The van der Waals surface area contributed by atoms with Gasteiger partial charge in [0, 0.05) is 6.07 Å². The summed E-state index contributed by atoms with van der Waals surface area (Å²) in [5.41, 5.74) is 0. The highest BCUT2D eigenvalue weighted by Gasteiger charge is 2.12. The number of fused-ring (bicyclic) bond motifs is 1. The number of aromatic nitrogens is 4. The van der Waals surface area contributed by atoms with Crippen molar-refractivity contribution in [2.24, 2.45) is 0 Å². The van der Waals surface area contributed by atoms with E-state index in [2.05, 4.69) is 15.1 Å². The quantitative estimate of drug-likeness (QED) is 0.627. The van der Waals surface area contributed by atoms with Gasteiger partial charge in [0.1, 0.15) is 10.3 Å². The summed E-state index contributed by atoms with van der Waals surface area (Å²) in [7, 11) is 0. The van der Waals surface area contributed by atoms with Crippen LogP contribution in [0.2, 0.25) is 10.3 Å². The van der Waals surface area contributed by atoms with Crippen molar-refractivity contribution in [3.8, 4) is 11.6 Å². The van der Waals surface area contributed by atoms with Gasteiger partial charge in [0.15, 0.2) is 5.76 Å². The molecule has 16 heavy (non-hydrogen) atoms. The van der Waals surface area contributed by atoms with Crippen molar-refractivity contribution in [3.05, 3.63) is 34.8 Å². The molecule has 7 heteroatoms. The number of halogens is 2. The summed E-state index contributed by atoms with van der Waals surface area (Å²) in [5.74, 6) is 1.31. The zero-order valence-corrected chi connectivity index (χ0v) is 9.27. The molecule has 3 aromatic heterocycles. The van der Waals surface area contributed by atoms with Crippen molar-refractivity contribution >= 4 is 29.0 Å². The predicted octanol–water partition coefficient (Wildman–Crippen LogP) is 2.69. The normalized spacial score (nSPS) is 11.1. The fourth-order valence-corrected chi connectivity index (χ4v) is 1.77. The molecule has 0 aliphatic heterocycles. The standard InChI is InChI=1S/C9H4Cl2N4O/c10-6-4-7(11)15-9(12-6)13-8(14-15)5-2-1-3-16-5/h1-4H. The highest BCUT2D eigenvalue weighted by Crippen LogP contribution is 2.20. The Hall–Kier alpha value is -1.59. The van der Waals surface area contributed by atoms with Gasteiger partial charge >= 0.3 is 0 Å². The van der Waals surface area contributed by atoms with E-state index in [1.165, 1.54) is 10.6 Å². The molecule has 0 saturated heterocycles. The Kier molecular flexibility index (Phi) is 2.08. The van der Waals surface area contributed by atoms with Crippen LogP contribution >= 0.6 is 23.2 Å². The van der Waals surface area contributed by atoms with Gasteiger partial charge in [0.2, 0.25) is 5.82 Å². The Morgan fingerprint density at radius 2 is 2.12 bits per heavy atom. The summed E-state index contributed by atoms with van der Waals surface area (Å²) < 4.78 is 6.57. The lowest BCUT2D eigenvalue weighted by atomic mass is 10.4. The van der Waals surface area contributed by atoms with Gasteiger partial charge in [-0.2, -0.15) is 14.5 Å². The molecule has 0 amide bonds. The number of nitrogens with zero attached hydrogens (tertiary/aromatic N) is 4. The number of furan rings is 1. The maximum atomic E-state index is 5.94. The minimum atomic E-state index is 0.274. The van der Waals surface area contributed by atoms with Gasteiger partial charge in [-0.3, -0.25) is 0 Å². The molecule has 5 nitrogen and oxygen atoms in total. The van der Waals surface area contributed by atoms with Crippen LogP contribution in [0.5, 0.6) is 0 Å². The van der Waals surface area contributed by atoms with Crippen molar-refractivity contribution in [1.29, 1.82) is 0 Å². The molecule has 80 valence electrons. The summed E-state index contributed by atoms with van der Waals surface area (Å²) in [6.45, 7) is 0. The first-order valence-corrected chi connectivity index (χ1v) is 5.12. The van der Waals surface area contributed by atoms with Gasteiger partial charge < -0.3 is 4.42 Å². The molecule has 0 N–H and O–H groups in total. The van der Waals surface area contributed by atoms with Crippen LogP contribution in [-0.4, -0.2) is 19.6 Å². The van der Waals surface area contributed by atoms with E-state index in [0.717, 1.165) is 0 Å². The Morgan fingerprint density at radius 1 is 1.25 bits per heavy atom. The molecule has 0 spiro atoms. The summed E-state index contributed by atoms with van der Waals surface area (Å²) in [6, 6.07) is 5.00. The third-order valence-electron chi connectivity index (χ3n) is 1.98. The van der Waals surface area contributed by atoms with Gasteiger partial charge in [0.05, 0.1) is 6.26 Å². The molecular formula is C9H4Cl2N4O. The second-order valence-corrected chi connectivity index (χ2v) is 3.80. The average molecular weight is 255 g/mol. The van der Waals surface area contributed by atoms with E-state index in [1.54, 1.807) is 18.4 Å². The van der Waals surface area contributed by atoms with E-state index in [4.69, 9.17) is 27.6 Å². The molecule has 3 heterocycles. The average Bonchev–Trinajstić information content (AvgIpc) is 2.82. The molecule has 0 radical (unpaired) electrons. The first-order valence-electron chi connectivity index (χ1n) is 4.37. The first kappa shape index (κ1) is 9.62. The van der Waals surface area contributed by atoms with Gasteiger partial charge in [-0.25, -0.2) is 0 Å². The van der Waals surface area contributed by atoms with Crippen LogP contribution in [-0.2, 0) is 0 Å². The molecule has 3 rings (SSSR count). The van der Waals surface area contributed by atoms with Crippen LogP contribution < -0.4 is 0 Å². The SMILES string of the molecule is Clc1cc(Cl)n2nc(-c3ccco3)nc2n1. The van der Waals surface area contributed by atoms with E-state index in [9.17, 15) is 0 Å². The maximum absolute atomic E-state index is 5.94. The Labute approximate surface area is 99.6 Å². The summed E-state index contributed by atoms with van der Waals surface area (Å²) in [6.07, 6.45) is 1.54. The molecule has 0 unspecified atom stereocenters. The van der Waals surface area contributed by atoms with E-state index >= 15 is 0 Å². The molecular weight excluding hydrogens is 251 g/mol. The fourth-order valence-electron chi connectivity index (χ4n) is 1.32. The molecule has 0 aromatic carbocycles. The third kappa shape index (κ3) is 1.45. The van der Waals surface area contributed by atoms with Crippen molar-refractivity contribution in [2.75, 3.05) is 0 Å². The van der Waals surface area contributed by atoms with E-state index in [0.29, 0.717) is 22.5 Å². The fraction of sp³-hybridized carbons (Fsp3) is 0. The Morgan fingerprint density at radius 3 is 2.88 bits per heavy atom. The van der Waals surface area contributed by atoms with Crippen LogP contribution in [0, 0.1) is 0 Å². The number of hydrogen-bond donors (Lipinski definition) is 0. The second kappa shape index (κ2) is 3.47. The summed E-state index contributed by atoms with van der Waals surface area (Å²) >= 11 is 11.7. The van der Waals surface area contributed by atoms with Crippen LogP contribution in [0.25, 0.3) is 17.4 Å². The Balaban J connectivity index is 2.27. The molecule has 0 aliphatic rings. The van der Waals surface area contributed by atoms with Crippen LogP contribution in [0.3, 0.4) is 0 Å². The van der Waals surface area contributed by atoms with E-state index in [1.807, 2.05) is 0 Å². The minimum absolute atomic E-state index is 0.274. The van der Waals surface area contributed by atoms with Gasteiger partial charge in [-0.05, 0) is 12.1 Å². The van der Waals surface area contributed by atoms with Crippen molar-refractivity contribution in [3.63, 3.8) is 0 Å². The van der Waals surface area contributed by atoms with Crippen molar-refractivity contribution < 1.29 is 4.42 Å². The van der Waals surface area contributed by atoms with Gasteiger partial charge in [-0.1, -0.05) is 23.2 Å². The van der Waals surface area contributed by atoms with Crippen molar-refractivity contribution in [2.45, 2.75) is 0 Å². The van der Waals surface area contributed by atoms with Crippen LogP contribution in [0.1, 0.15) is 0 Å². The number of rotatable bonds is 1. The molecule has 0 atom stereocenters. The monoisotopic (exact) mass is 254 g/mol. The lowest BCUT2D eigenvalue weighted by Gasteiger charge is -1.93. The van der Waals surface area contributed by atoms with Crippen LogP contribution in [0.4, 0.5) is 0 Å². The highest BCUT2D eigenvalue weighted by molar-refractivity contribution is 6.33. The molecule has 3 aromatic rings. The van der Waals surface area contributed by atoms with Crippen molar-refractivity contribution in [1.82, 2.24) is 19.6 Å². The molecule has 0 fully saturated rings. The van der Waals surface area contributed by atoms with Gasteiger partial charge in [-0.15, -0.1) is 5.10 Å². The highest BCUT2D eigenvalue weighted by atomic mass is 35.5. The number of hydrogen-bond acceptors (Lipinski definition) is 4. The first-order chi connectivity index (χ1) is 7.74. The lowest BCUT2D eigenvalue weighted by Crippen LogP contribution is -1.92. The summed E-state index contributed by atoms with van der Waals surface area (Å²) in [5, 5.41) is 4.78. The molecule has 0 saturated carbocycles. The minimum Gasteiger partial charge on any atom is -0.461 e. The van der Waals surface area contributed by atoms with E-state index < -0.39 is 0 Å².